The van der Waals surface area contributed by atoms with Crippen LogP contribution in [-0.2, 0) is 0 Å². The Labute approximate surface area is 126 Å². The third-order valence-electron chi connectivity index (χ3n) is 2.69. The van der Waals surface area contributed by atoms with Crippen LogP contribution in [0, 0.1) is 0 Å². The summed E-state index contributed by atoms with van der Waals surface area (Å²) in [6.45, 7) is -2.83. The molecule has 0 aliphatic rings. The second-order valence-corrected chi connectivity index (χ2v) is 4.91. The lowest BCUT2D eigenvalue weighted by atomic mass is 10.3. The lowest BCUT2D eigenvalue weighted by Crippen LogP contribution is -2.02. The fraction of sp³-hybridized carbons (Fsp3) is 0.0769. The Kier molecular flexibility index (Phi) is 3.70. The fourth-order valence-electron chi connectivity index (χ4n) is 1.84. The van der Waals surface area contributed by atoms with Crippen LogP contribution in [0.1, 0.15) is 0 Å². The molecule has 21 heavy (non-hydrogen) atoms. The first-order valence-electron chi connectivity index (χ1n) is 5.93. The highest BCUT2D eigenvalue weighted by molar-refractivity contribution is 9.10. The molecule has 8 heteroatoms. The fourth-order valence-corrected chi connectivity index (χ4v) is 2.24. The van der Waals surface area contributed by atoms with Crippen molar-refractivity contribution in [2.45, 2.75) is 6.61 Å². The number of hydrogen-bond donors (Lipinski definition) is 1. The van der Waals surface area contributed by atoms with Crippen LogP contribution in [0.4, 0.5) is 20.3 Å². The van der Waals surface area contributed by atoms with E-state index < -0.39 is 6.61 Å². The number of ether oxygens (including phenoxy) is 1. The second kappa shape index (κ2) is 5.65. The van der Waals surface area contributed by atoms with Crippen molar-refractivity contribution in [1.82, 2.24) is 14.4 Å². The van der Waals surface area contributed by atoms with Gasteiger partial charge in [0.05, 0.1) is 0 Å². The highest BCUT2D eigenvalue weighted by atomic mass is 79.9. The lowest BCUT2D eigenvalue weighted by Gasteiger charge is -2.09. The standard InChI is InChI=1S/C13H9BrF2N4O/c14-10-7-20-6-5-17-12(20)11(19-10)18-8-1-3-9(4-2-8)21-13(15)16/h1-7,13H,(H,18,19). The summed E-state index contributed by atoms with van der Waals surface area (Å²) in [5.41, 5.74) is 1.35. The number of aromatic nitrogens is 3. The van der Waals surface area contributed by atoms with E-state index in [9.17, 15) is 8.78 Å². The molecular formula is C13H9BrF2N4O. The summed E-state index contributed by atoms with van der Waals surface area (Å²) < 4.78 is 30.9. The van der Waals surface area contributed by atoms with Crippen LogP contribution in [0.3, 0.4) is 0 Å². The van der Waals surface area contributed by atoms with Crippen molar-refractivity contribution in [3.8, 4) is 5.75 Å². The van der Waals surface area contributed by atoms with Crippen LogP contribution in [0.5, 0.6) is 5.75 Å². The van der Waals surface area contributed by atoms with Crippen molar-refractivity contribution < 1.29 is 13.5 Å². The van der Waals surface area contributed by atoms with Gasteiger partial charge < -0.3 is 14.5 Å². The molecule has 0 amide bonds. The van der Waals surface area contributed by atoms with Gasteiger partial charge in [0.15, 0.2) is 11.5 Å². The largest absolute Gasteiger partial charge is 0.435 e. The Morgan fingerprint density at radius 3 is 2.71 bits per heavy atom. The van der Waals surface area contributed by atoms with E-state index in [0.29, 0.717) is 21.8 Å². The van der Waals surface area contributed by atoms with E-state index >= 15 is 0 Å². The van der Waals surface area contributed by atoms with Crippen LogP contribution < -0.4 is 10.1 Å². The predicted octanol–water partition coefficient (Wildman–Crippen LogP) is 3.84. The number of nitrogens with zero attached hydrogens (tertiary/aromatic N) is 3. The summed E-state index contributed by atoms with van der Waals surface area (Å²) in [7, 11) is 0. The van der Waals surface area contributed by atoms with Crippen LogP contribution in [-0.4, -0.2) is 21.0 Å². The zero-order valence-electron chi connectivity index (χ0n) is 10.5. The summed E-state index contributed by atoms with van der Waals surface area (Å²) in [6.07, 6.45) is 5.24. The van der Waals surface area contributed by atoms with E-state index in [2.05, 4.69) is 36.0 Å². The smallest absolute Gasteiger partial charge is 0.387 e. The third kappa shape index (κ3) is 3.10. The lowest BCUT2D eigenvalue weighted by molar-refractivity contribution is -0.0498. The molecule has 1 N–H and O–H groups in total. The summed E-state index contributed by atoms with van der Waals surface area (Å²) in [4.78, 5) is 8.52. The number of nitrogens with one attached hydrogen (secondary N) is 1. The molecule has 0 aliphatic carbocycles. The van der Waals surface area contributed by atoms with Gasteiger partial charge in [0, 0.05) is 24.3 Å². The molecular weight excluding hydrogens is 346 g/mol. The Balaban J connectivity index is 1.86. The molecule has 0 spiro atoms. The first-order chi connectivity index (χ1) is 10.1. The maximum atomic E-state index is 12.1. The molecule has 0 radical (unpaired) electrons. The molecule has 2 aromatic heterocycles. The molecule has 0 atom stereocenters. The van der Waals surface area contributed by atoms with E-state index in [1.54, 1.807) is 30.7 Å². The number of benzene rings is 1. The van der Waals surface area contributed by atoms with Gasteiger partial charge in [-0.2, -0.15) is 8.78 Å². The maximum absolute atomic E-state index is 12.1. The second-order valence-electron chi connectivity index (χ2n) is 4.10. The third-order valence-corrected chi connectivity index (χ3v) is 3.07. The first kappa shape index (κ1) is 13.7. The zero-order chi connectivity index (χ0) is 14.8. The van der Waals surface area contributed by atoms with E-state index in [4.69, 9.17) is 0 Å². The maximum Gasteiger partial charge on any atom is 0.387 e. The molecule has 1 aromatic carbocycles. The van der Waals surface area contributed by atoms with Crippen molar-refractivity contribution >= 4 is 33.1 Å². The summed E-state index contributed by atoms with van der Waals surface area (Å²) in [5, 5.41) is 3.09. The molecule has 0 saturated heterocycles. The quantitative estimate of drug-likeness (QED) is 0.773. The number of hydrogen-bond acceptors (Lipinski definition) is 4. The summed E-state index contributed by atoms with van der Waals surface area (Å²) in [6, 6.07) is 6.16. The number of anilines is 2. The summed E-state index contributed by atoms with van der Waals surface area (Å²) >= 11 is 3.32. The number of rotatable bonds is 4. The molecule has 0 fully saturated rings. The Hall–Kier alpha value is -2.22. The number of imidazole rings is 1. The highest BCUT2D eigenvalue weighted by Gasteiger charge is 2.08. The molecule has 2 heterocycles. The number of fused-ring (bicyclic) bond motifs is 1. The normalized spacial score (nSPS) is 11.0. The minimum absolute atomic E-state index is 0.101. The average molecular weight is 355 g/mol. The first-order valence-corrected chi connectivity index (χ1v) is 6.72. The molecule has 108 valence electrons. The van der Waals surface area contributed by atoms with E-state index in [0.717, 1.165) is 0 Å². The number of alkyl halides is 2. The minimum atomic E-state index is -2.83. The Morgan fingerprint density at radius 2 is 2.00 bits per heavy atom. The molecule has 5 nitrogen and oxygen atoms in total. The van der Waals surface area contributed by atoms with E-state index in [1.165, 1.54) is 12.1 Å². The van der Waals surface area contributed by atoms with Crippen LogP contribution in [0.25, 0.3) is 5.65 Å². The van der Waals surface area contributed by atoms with Gasteiger partial charge in [0.2, 0.25) is 0 Å². The molecule has 0 bridgehead atoms. The van der Waals surface area contributed by atoms with Gasteiger partial charge in [-0.3, -0.25) is 0 Å². The van der Waals surface area contributed by atoms with Gasteiger partial charge in [-0.1, -0.05) is 0 Å². The zero-order valence-corrected chi connectivity index (χ0v) is 12.1. The van der Waals surface area contributed by atoms with Gasteiger partial charge in [-0.15, -0.1) is 0 Å². The van der Waals surface area contributed by atoms with Crippen LogP contribution in [0.15, 0.2) is 47.5 Å². The number of halogens is 3. The molecule has 0 saturated carbocycles. The van der Waals surface area contributed by atoms with Gasteiger partial charge in [-0.25, -0.2) is 9.97 Å². The highest BCUT2D eigenvalue weighted by Crippen LogP contribution is 2.23. The topological polar surface area (TPSA) is 51.5 Å². The molecule has 3 rings (SSSR count). The van der Waals surface area contributed by atoms with Gasteiger partial charge in [-0.05, 0) is 40.2 Å². The molecule has 0 unspecified atom stereocenters. The van der Waals surface area contributed by atoms with Crippen molar-refractivity contribution in [2.24, 2.45) is 0 Å². The van der Waals surface area contributed by atoms with Gasteiger partial charge in [0.1, 0.15) is 10.4 Å². The van der Waals surface area contributed by atoms with Crippen molar-refractivity contribution in [3.63, 3.8) is 0 Å². The van der Waals surface area contributed by atoms with Crippen molar-refractivity contribution in [2.75, 3.05) is 5.32 Å². The van der Waals surface area contributed by atoms with Gasteiger partial charge >= 0.3 is 6.61 Å². The molecule has 3 aromatic rings. The van der Waals surface area contributed by atoms with Crippen molar-refractivity contribution in [1.29, 1.82) is 0 Å². The Bertz CT molecular complexity index is 760. The van der Waals surface area contributed by atoms with Crippen molar-refractivity contribution in [3.05, 3.63) is 47.5 Å². The van der Waals surface area contributed by atoms with Crippen LogP contribution >= 0.6 is 15.9 Å². The predicted molar refractivity (Wildman–Crippen MR) is 77.0 cm³/mol. The van der Waals surface area contributed by atoms with Gasteiger partial charge in [0.25, 0.3) is 0 Å². The average Bonchev–Trinajstić information content (AvgIpc) is 2.88. The van der Waals surface area contributed by atoms with E-state index in [1.807, 2.05) is 4.40 Å². The minimum Gasteiger partial charge on any atom is -0.435 e. The summed E-state index contributed by atoms with van der Waals surface area (Å²) in [5.74, 6) is 0.653. The van der Waals surface area contributed by atoms with Crippen LogP contribution in [0.2, 0.25) is 0 Å². The molecule has 0 aliphatic heterocycles. The monoisotopic (exact) mass is 354 g/mol. The van der Waals surface area contributed by atoms with E-state index in [-0.39, 0.29) is 5.75 Å². The SMILES string of the molecule is FC(F)Oc1ccc(Nc2nc(Br)cn3ccnc23)cc1. The Morgan fingerprint density at radius 1 is 1.24 bits per heavy atom.